The number of benzene rings is 2. The zero-order valence-corrected chi connectivity index (χ0v) is 12.2. The summed E-state index contributed by atoms with van der Waals surface area (Å²) in [5.41, 5.74) is 2.71. The van der Waals surface area contributed by atoms with E-state index < -0.39 is 0 Å². The van der Waals surface area contributed by atoms with Crippen LogP contribution in [-0.2, 0) is 11.3 Å². The molecule has 0 amide bonds. The second kappa shape index (κ2) is 6.00. The van der Waals surface area contributed by atoms with Gasteiger partial charge in [0.15, 0.2) is 0 Å². The molecule has 2 rings (SSSR count). The van der Waals surface area contributed by atoms with E-state index in [1.165, 1.54) is 3.57 Å². The van der Waals surface area contributed by atoms with Crippen LogP contribution in [0.2, 0.25) is 0 Å². The summed E-state index contributed by atoms with van der Waals surface area (Å²) in [6.07, 6.45) is 0. The van der Waals surface area contributed by atoms with Gasteiger partial charge in [-0.3, -0.25) is 0 Å². The van der Waals surface area contributed by atoms with E-state index in [4.69, 9.17) is 4.74 Å². The van der Waals surface area contributed by atoms with Gasteiger partial charge in [0.1, 0.15) is 6.61 Å². The molecule has 0 saturated heterocycles. The Morgan fingerprint density at radius 1 is 1.06 bits per heavy atom. The number of halogens is 1. The molecule has 0 fully saturated rings. The van der Waals surface area contributed by atoms with Crippen LogP contribution in [0.3, 0.4) is 0 Å². The molecule has 0 N–H and O–H groups in total. The lowest BCUT2D eigenvalue weighted by Crippen LogP contribution is -2.05. The maximum atomic E-state index is 11.8. The van der Waals surface area contributed by atoms with Crippen molar-refractivity contribution in [1.29, 1.82) is 0 Å². The van der Waals surface area contributed by atoms with Gasteiger partial charge in [0, 0.05) is 3.57 Å². The van der Waals surface area contributed by atoms with Gasteiger partial charge in [0.25, 0.3) is 0 Å². The third-order valence-corrected chi connectivity index (χ3v) is 3.29. The molecule has 0 spiro atoms. The number of ether oxygens (including phenoxy) is 1. The SMILES string of the molecule is Cc1ccc(C(=O)OCc2ccc(I)cc2)cc1. The molecule has 2 aromatic carbocycles. The predicted octanol–water partition coefficient (Wildman–Crippen LogP) is 3.96. The van der Waals surface area contributed by atoms with Crippen LogP contribution in [0.15, 0.2) is 48.5 Å². The summed E-state index contributed by atoms with van der Waals surface area (Å²) in [5.74, 6) is -0.284. The largest absolute Gasteiger partial charge is 0.457 e. The summed E-state index contributed by atoms with van der Waals surface area (Å²) < 4.78 is 6.42. The van der Waals surface area contributed by atoms with Gasteiger partial charge < -0.3 is 4.74 Å². The van der Waals surface area contributed by atoms with Gasteiger partial charge in [0.2, 0.25) is 0 Å². The zero-order valence-electron chi connectivity index (χ0n) is 10.0. The lowest BCUT2D eigenvalue weighted by molar-refractivity contribution is 0.0472. The molecule has 0 aliphatic carbocycles. The lowest BCUT2D eigenvalue weighted by Gasteiger charge is -2.05. The van der Waals surface area contributed by atoms with Crippen LogP contribution in [-0.4, -0.2) is 5.97 Å². The molecule has 0 saturated carbocycles. The molecule has 0 unspecified atom stereocenters. The van der Waals surface area contributed by atoms with E-state index in [1.54, 1.807) is 12.1 Å². The fourth-order valence-electron chi connectivity index (χ4n) is 1.50. The van der Waals surface area contributed by atoms with Crippen molar-refractivity contribution in [3.63, 3.8) is 0 Å². The van der Waals surface area contributed by atoms with Crippen molar-refractivity contribution in [2.75, 3.05) is 0 Å². The Hall–Kier alpha value is -1.36. The molecule has 2 nitrogen and oxygen atoms in total. The predicted molar refractivity (Wildman–Crippen MR) is 79.5 cm³/mol. The molecule has 2 aromatic rings. The van der Waals surface area contributed by atoms with E-state index >= 15 is 0 Å². The van der Waals surface area contributed by atoms with Crippen molar-refractivity contribution >= 4 is 28.6 Å². The number of hydrogen-bond acceptors (Lipinski definition) is 2. The molecule has 0 heterocycles. The summed E-state index contributed by atoms with van der Waals surface area (Å²) in [6, 6.07) is 15.3. The Bertz CT molecular complexity index is 529. The van der Waals surface area contributed by atoms with Crippen molar-refractivity contribution in [1.82, 2.24) is 0 Å². The zero-order chi connectivity index (χ0) is 13.0. The first kappa shape index (κ1) is 13.1. The average Bonchev–Trinajstić information content (AvgIpc) is 2.38. The van der Waals surface area contributed by atoms with Crippen molar-refractivity contribution < 1.29 is 9.53 Å². The molecule has 0 atom stereocenters. The van der Waals surface area contributed by atoms with Gasteiger partial charge in [-0.1, -0.05) is 29.8 Å². The minimum absolute atomic E-state index is 0.284. The Kier molecular flexibility index (Phi) is 4.36. The molecule has 3 heteroatoms. The fraction of sp³-hybridized carbons (Fsp3) is 0.133. The highest BCUT2D eigenvalue weighted by Crippen LogP contribution is 2.10. The number of rotatable bonds is 3. The molecule has 0 bridgehead atoms. The van der Waals surface area contributed by atoms with Gasteiger partial charge in [0.05, 0.1) is 5.56 Å². The third-order valence-electron chi connectivity index (χ3n) is 2.57. The quantitative estimate of drug-likeness (QED) is 0.618. The summed E-state index contributed by atoms with van der Waals surface area (Å²) in [7, 11) is 0. The van der Waals surface area contributed by atoms with Crippen LogP contribution in [0, 0.1) is 10.5 Å². The highest BCUT2D eigenvalue weighted by atomic mass is 127. The first-order chi connectivity index (χ1) is 8.65. The Labute approximate surface area is 120 Å². The summed E-state index contributed by atoms with van der Waals surface area (Å²) in [5, 5.41) is 0. The van der Waals surface area contributed by atoms with Gasteiger partial charge >= 0.3 is 5.97 Å². The highest BCUT2D eigenvalue weighted by molar-refractivity contribution is 14.1. The van der Waals surface area contributed by atoms with Crippen LogP contribution < -0.4 is 0 Å². The molecular formula is C15H13IO2. The highest BCUT2D eigenvalue weighted by Gasteiger charge is 2.06. The molecular weight excluding hydrogens is 339 g/mol. The van der Waals surface area contributed by atoms with Crippen molar-refractivity contribution in [2.45, 2.75) is 13.5 Å². The number of hydrogen-bond donors (Lipinski definition) is 0. The lowest BCUT2D eigenvalue weighted by atomic mass is 10.1. The smallest absolute Gasteiger partial charge is 0.338 e. The normalized spacial score (nSPS) is 10.1. The number of esters is 1. The Morgan fingerprint density at radius 2 is 1.67 bits per heavy atom. The van der Waals surface area contributed by atoms with E-state index in [0.29, 0.717) is 12.2 Å². The first-order valence-electron chi connectivity index (χ1n) is 5.63. The van der Waals surface area contributed by atoms with E-state index in [0.717, 1.165) is 11.1 Å². The molecule has 0 radical (unpaired) electrons. The minimum Gasteiger partial charge on any atom is -0.457 e. The molecule has 18 heavy (non-hydrogen) atoms. The fourth-order valence-corrected chi connectivity index (χ4v) is 1.86. The third kappa shape index (κ3) is 3.57. The molecule has 0 aliphatic rings. The topological polar surface area (TPSA) is 26.3 Å². The van der Waals surface area contributed by atoms with Crippen LogP contribution in [0.25, 0.3) is 0 Å². The van der Waals surface area contributed by atoms with E-state index in [2.05, 4.69) is 22.6 Å². The number of carbonyl (C=O) groups excluding carboxylic acids is 1. The summed E-state index contributed by atoms with van der Waals surface area (Å²) in [6.45, 7) is 2.30. The minimum atomic E-state index is -0.284. The van der Waals surface area contributed by atoms with Crippen LogP contribution in [0.4, 0.5) is 0 Å². The van der Waals surface area contributed by atoms with Crippen LogP contribution >= 0.6 is 22.6 Å². The second-order valence-corrected chi connectivity index (χ2v) is 5.31. The maximum Gasteiger partial charge on any atom is 0.338 e. The molecule has 0 aliphatic heterocycles. The summed E-state index contributed by atoms with van der Waals surface area (Å²) in [4.78, 5) is 11.8. The van der Waals surface area contributed by atoms with Gasteiger partial charge in [-0.25, -0.2) is 4.79 Å². The average molecular weight is 352 g/mol. The van der Waals surface area contributed by atoms with Crippen LogP contribution in [0.1, 0.15) is 21.5 Å². The van der Waals surface area contributed by atoms with Gasteiger partial charge in [-0.15, -0.1) is 0 Å². The van der Waals surface area contributed by atoms with Crippen molar-refractivity contribution in [3.05, 3.63) is 68.8 Å². The van der Waals surface area contributed by atoms with Crippen molar-refractivity contribution in [2.24, 2.45) is 0 Å². The number of carbonyl (C=O) groups is 1. The second-order valence-electron chi connectivity index (χ2n) is 4.07. The molecule has 0 aromatic heterocycles. The molecule has 92 valence electrons. The van der Waals surface area contributed by atoms with E-state index in [-0.39, 0.29) is 5.97 Å². The van der Waals surface area contributed by atoms with Gasteiger partial charge in [-0.05, 0) is 59.3 Å². The van der Waals surface area contributed by atoms with Crippen LogP contribution in [0.5, 0.6) is 0 Å². The number of aryl methyl sites for hydroxylation is 1. The Morgan fingerprint density at radius 3 is 2.28 bits per heavy atom. The maximum absolute atomic E-state index is 11.8. The Balaban J connectivity index is 1.96. The monoisotopic (exact) mass is 352 g/mol. The van der Waals surface area contributed by atoms with E-state index in [9.17, 15) is 4.79 Å². The summed E-state index contributed by atoms with van der Waals surface area (Å²) >= 11 is 2.24. The van der Waals surface area contributed by atoms with Gasteiger partial charge in [-0.2, -0.15) is 0 Å². The van der Waals surface area contributed by atoms with E-state index in [1.807, 2.05) is 43.3 Å². The first-order valence-corrected chi connectivity index (χ1v) is 6.71. The van der Waals surface area contributed by atoms with Crippen molar-refractivity contribution in [3.8, 4) is 0 Å². The standard InChI is InChI=1S/C15H13IO2/c1-11-2-6-13(7-3-11)15(17)18-10-12-4-8-14(16)9-5-12/h2-9H,10H2,1H3.